The number of carbonyl (C=O) groups excluding carboxylic acids is 1. The number of nitrogens with zero attached hydrogens (tertiary/aromatic N) is 7. The first-order valence-corrected chi connectivity index (χ1v) is 16.0. The summed E-state index contributed by atoms with van der Waals surface area (Å²) in [5, 5.41) is 0. The lowest BCUT2D eigenvalue weighted by molar-refractivity contribution is -0.126. The molecular weight excluding hydrogens is 550 g/mol. The number of anilines is 2. The number of carbonyl (C=O) groups is 1. The Morgan fingerprint density at radius 3 is 2.34 bits per heavy atom. The zero-order valence-electron chi connectivity index (χ0n) is 26.3. The molecule has 1 saturated heterocycles. The summed E-state index contributed by atoms with van der Waals surface area (Å²) in [7, 11) is 4.37. The molecule has 0 saturated carbocycles. The van der Waals surface area contributed by atoms with Crippen molar-refractivity contribution in [1.29, 1.82) is 0 Å². The van der Waals surface area contributed by atoms with Gasteiger partial charge in [-0.1, -0.05) is 36.9 Å². The predicted octanol–water partition coefficient (Wildman–Crippen LogP) is 4.20. The van der Waals surface area contributed by atoms with Gasteiger partial charge in [0.25, 0.3) is 0 Å². The second kappa shape index (κ2) is 11.9. The molecule has 1 aromatic heterocycles. The van der Waals surface area contributed by atoms with Crippen molar-refractivity contribution in [1.82, 2.24) is 24.7 Å². The smallest absolute Gasteiger partial charge is 0.325 e. The SMILES string of the molecule is C=CC(=O)N1CCN(c2nc(Oc3cccc4c3CCN(C)C4)nc3c2CCN3C(C)c2cccc3c2CN(C)CC3)CC1. The maximum Gasteiger partial charge on any atom is 0.325 e. The summed E-state index contributed by atoms with van der Waals surface area (Å²) in [6, 6.07) is 13.7. The van der Waals surface area contributed by atoms with Crippen molar-refractivity contribution in [2.75, 3.05) is 69.7 Å². The fraction of sp³-hybridized carbons (Fsp3) is 0.457. The Morgan fingerprint density at radius 1 is 0.818 bits per heavy atom. The number of benzene rings is 2. The molecule has 7 rings (SSSR count). The van der Waals surface area contributed by atoms with Crippen molar-refractivity contribution in [3.63, 3.8) is 0 Å². The minimum absolute atomic E-state index is 0.0158. The maximum absolute atomic E-state index is 12.3. The number of fused-ring (bicyclic) bond motifs is 3. The second-order valence-corrected chi connectivity index (χ2v) is 12.7. The highest BCUT2D eigenvalue weighted by Gasteiger charge is 2.34. The molecule has 5 heterocycles. The molecule has 1 unspecified atom stereocenters. The van der Waals surface area contributed by atoms with Gasteiger partial charge in [0.05, 0.1) is 6.04 Å². The van der Waals surface area contributed by atoms with Crippen LogP contribution in [0.15, 0.2) is 49.1 Å². The first-order valence-electron chi connectivity index (χ1n) is 16.0. The quantitative estimate of drug-likeness (QED) is 0.394. The Morgan fingerprint density at radius 2 is 1.52 bits per heavy atom. The van der Waals surface area contributed by atoms with E-state index in [1.165, 1.54) is 39.5 Å². The predicted molar refractivity (Wildman–Crippen MR) is 174 cm³/mol. The van der Waals surface area contributed by atoms with E-state index in [0.717, 1.165) is 69.4 Å². The van der Waals surface area contributed by atoms with Crippen molar-refractivity contribution < 1.29 is 9.53 Å². The summed E-state index contributed by atoms with van der Waals surface area (Å²) < 4.78 is 6.61. The normalized spacial score (nSPS) is 19.3. The summed E-state index contributed by atoms with van der Waals surface area (Å²) >= 11 is 0. The average molecular weight is 594 g/mol. The minimum Gasteiger partial charge on any atom is -0.424 e. The Kier molecular flexibility index (Phi) is 7.76. The van der Waals surface area contributed by atoms with Crippen LogP contribution in [0.5, 0.6) is 11.8 Å². The van der Waals surface area contributed by atoms with Crippen LogP contribution in [0.1, 0.15) is 46.3 Å². The third kappa shape index (κ3) is 5.32. The molecule has 0 spiro atoms. The third-order valence-corrected chi connectivity index (χ3v) is 9.92. The second-order valence-electron chi connectivity index (χ2n) is 12.7. The van der Waals surface area contributed by atoms with Crippen LogP contribution in [0, 0.1) is 0 Å². The molecule has 9 nitrogen and oxygen atoms in total. The van der Waals surface area contributed by atoms with Crippen LogP contribution in [-0.2, 0) is 37.1 Å². The van der Waals surface area contributed by atoms with Crippen LogP contribution in [-0.4, -0.2) is 90.5 Å². The number of hydrogen-bond donors (Lipinski definition) is 0. The van der Waals surface area contributed by atoms with Gasteiger partial charge in [0.1, 0.15) is 17.4 Å². The first kappa shape index (κ1) is 28.8. The molecule has 0 N–H and O–H groups in total. The largest absolute Gasteiger partial charge is 0.424 e. The van der Waals surface area contributed by atoms with E-state index in [0.29, 0.717) is 32.2 Å². The minimum atomic E-state index is -0.0158. The fourth-order valence-corrected chi connectivity index (χ4v) is 7.40. The van der Waals surface area contributed by atoms with Gasteiger partial charge in [0, 0.05) is 70.0 Å². The number of rotatable bonds is 6. The summed E-state index contributed by atoms with van der Waals surface area (Å²) in [6.45, 7) is 13.6. The van der Waals surface area contributed by atoms with Gasteiger partial charge < -0.3 is 29.2 Å². The average Bonchev–Trinajstić information content (AvgIpc) is 3.47. The molecule has 0 aliphatic carbocycles. The molecule has 4 aliphatic heterocycles. The fourth-order valence-electron chi connectivity index (χ4n) is 7.40. The van der Waals surface area contributed by atoms with Crippen molar-refractivity contribution in [3.05, 3.63) is 82.4 Å². The monoisotopic (exact) mass is 593 g/mol. The number of amides is 1. The lowest BCUT2D eigenvalue weighted by atomic mass is 9.91. The van der Waals surface area contributed by atoms with Gasteiger partial charge in [-0.3, -0.25) is 4.79 Å². The number of piperazine rings is 1. The van der Waals surface area contributed by atoms with E-state index in [9.17, 15) is 4.79 Å². The number of hydrogen-bond acceptors (Lipinski definition) is 8. The van der Waals surface area contributed by atoms with Crippen LogP contribution in [0.3, 0.4) is 0 Å². The van der Waals surface area contributed by atoms with E-state index in [4.69, 9.17) is 14.7 Å². The van der Waals surface area contributed by atoms with E-state index < -0.39 is 0 Å². The highest BCUT2D eigenvalue weighted by atomic mass is 16.5. The summed E-state index contributed by atoms with van der Waals surface area (Å²) in [5.41, 5.74) is 8.02. The lowest BCUT2D eigenvalue weighted by Crippen LogP contribution is -2.48. The standard InChI is InChI=1S/C35H43N7O2/c1-5-32(43)40-18-20-41(21-19-40)33-29-14-17-42(24(2)27-10-6-8-25-12-15-39(4)23-30(25)27)34(29)37-35(36-33)44-31-11-7-9-26-22-38(3)16-13-28(26)31/h5-11,24H,1,12-23H2,2-4H3. The number of aromatic nitrogens is 2. The van der Waals surface area contributed by atoms with Gasteiger partial charge in [0.2, 0.25) is 5.91 Å². The molecule has 0 radical (unpaired) electrons. The Labute approximate surface area is 260 Å². The first-order chi connectivity index (χ1) is 21.4. The van der Waals surface area contributed by atoms with Crippen molar-refractivity contribution >= 4 is 17.5 Å². The Bertz CT molecular complexity index is 1580. The van der Waals surface area contributed by atoms with E-state index in [1.54, 1.807) is 0 Å². The Hall–Kier alpha value is -3.95. The molecule has 230 valence electrons. The van der Waals surface area contributed by atoms with Crippen molar-refractivity contribution in [3.8, 4) is 11.8 Å². The van der Waals surface area contributed by atoms with Crippen LogP contribution >= 0.6 is 0 Å². The number of ether oxygens (including phenoxy) is 1. The van der Waals surface area contributed by atoms with Gasteiger partial charge in [-0.25, -0.2) is 0 Å². The van der Waals surface area contributed by atoms with Crippen LogP contribution in [0.4, 0.5) is 11.6 Å². The van der Waals surface area contributed by atoms with E-state index in [-0.39, 0.29) is 11.9 Å². The summed E-state index contributed by atoms with van der Waals surface area (Å²) in [4.78, 5) is 33.9. The maximum atomic E-state index is 12.3. The van der Waals surface area contributed by atoms with E-state index in [1.807, 2.05) is 11.0 Å². The van der Waals surface area contributed by atoms with Crippen LogP contribution < -0.4 is 14.5 Å². The van der Waals surface area contributed by atoms with Gasteiger partial charge in [0.15, 0.2) is 0 Å². The molecule has 1 fully saturated rings. The van der Waals surface area contributed by atoms with Crippen LogP contribution in [0.2, 0.25) is 0 Å². The van der Waals surface area contributed by atoms with E-state index >= 15 is 0 Å². The molecule has 1 amide bonds. The molecule has 4 aliphatic rings. The Balaban J connectivity index is 1.26. The third-order valence-electron chi connectivity index (χ3n) is 9.92. The molecule has 3 aromatic rings. The van der Waals surface area contributed by atoms with Gasteiger partial charge in [-0.05, 0) is 74.7 Å². The lowest BCUT2D eigenvalue weighted by Gasteiger charge is -2.36. The van der Waals surface area contributed by atoms with Crippen molar-refractivity contribution in [2.24, 2.45) is 0 Å². The van der Waals surface area contributed by atoms with Gasteiger partial charge >= 0.3 is 6.01 Å². The molecule has 9 heteroatoms. The summed E-state index contributed by atoms with van der Waals surface area (Å²) in [6.07, 6.45) is 4.31. The zero-order valence-corrected chi connectivity index (χ0v) is 26.3. The molecular formula is C35H43N7O2. The van der Waals surface area contributed by atoms with Gasteiger partial charge in [-0.2, -0.15) is 9.97 Å². The molecule has 0 bridgehead atoms. The molecule has 44 heavy (non-hydrogen) atoms. The summed E-state index contributed by atoms with van der Waals surface area (Å²) in [5.74, 6) is 2.73. The topological polar surface area (TPSA) is 68.3 Å². The van der Waals surface area contributed by atoms with Gasteiger partial charge in [-0.15, -0.1) is 0 Å². The highest BCUT2D eigenvalue weighted by molar-refractivity contribution is 5.87. The number of likely N-dealkylation sites (N-methyl/N-ethyl adjacent to an activating group) is 2. The van der Waals surface area contributed by atoms with E-state index in [2.05, 4.69) is 77.5 Å². The molecule has 1 atom stereocenters. The molecule has 2 aromatic carbocycles. The van der Waals surface area contributed by atoms with Crippen molar-refractivity contribution in [2.45, 2.75) is 45.3 Å². The highest BCUT2D eigenvalue weighted by Crippen LogP contribution is 2.42. The zero-order chi connectivity index (χ0) is 30.4. The van der Waals surface area contributed by atoms with Crippen LogP contribution in [0.25, 0.3) is 0 Å².